The molecule has 0 radical (unpaired) electrons. The van der Waals surface area contributed by atoms with E-state index in [1.165, 1.54) is 12.1 Å². The summed E-state index contributed by atoms with van der Waals surface area (Å²) in [7, 11) is 0. The average molecular weight is 261 g/mol. The molecule has 1 aromatic rings. The molecule has 0 heterocycles. The van der Waals surface area contributed by atoms with Gasteiger partial charge < -0.3 is 11.5 Å². The lowest BCUT2D eigenvalue weighted by Crippen LogP contribution is -2.13. The molecular weight excluding hydrogens is 247 g/mol. The Kier molecular flexibility index (Phi) is 4.51. The van der Waals surface area contributed by atoms with E-state index in [-0.39, 0.29) is 11.9 Å². The van der Waals surface area contributed by atoms with Crippen LogP contribution in [0.4, 0.5) is 4.39 Å². The minimum atomic E-state index is -0.258. The third kappa shape index (κ3) is 3.04. The van der Waals surface area contributed by atoms with Crippen molar-refractivity contribution in [3.63, 3.8) is 0 Å². The maximum absolute atomic E-state index is 12.8. The van der Waals surface area contributed by atoms with Crippen molar-refractivity contribution in [3.8, 4) is 0 Å². The van der Waals surface area contributed by atoms with Crippen LogP contribution < -0.4 is 11.5 Å². The number of nitrogens with two attached hydrogens (primary N) is 2. The normalized spacial score (nSPS) is 12.9. The van der Waals surface area contributed by atoms with Crippen LogP contribution in [0.5, 0.6) is 0 Å². The lowest BCUT2D eigenvalue weighted by atomic mass is 10.0. The fourth-order valence-electron chi connectivity index (χ4n) is 1.30. The Balaban J connectivity index is 2.74. The second kappa shape index (κ2) is 5.44. The van der Waals surface area contributed by atoms with Crippen LogP contribution in [0.3, 0.4) is 0 Å². The Morgan fingerprint density at radius 3 is 2.71 bits per heavy atom. The van der Waals surface area contributed by atoms with Crippen molar-refractivity contribution >= 4 is 15.9 Å². The van der Waals surface area contributed by atoms with Crippen molar-refractivity contribution in [1.82, 2.24) is 0 Å². The lowest BCUT2D eigenvalue weighted by molar-refractivity contribution is 0.604. The van der Waals surface area contributed by atoms with Gasteiger partial charge in [0.25, 0.3) is 0 Å². The van der Waals surface area contributed by atoms with E-state index >= 15 is 0 Å². The number of rotatable bonds is 4. The van der Waals surface area contributed by atoms with Crippen LogP contribution in [0.2, 0.25) is 0 Å². The number of hydrogen-bond donors (Lipinski definition) is 2. The highest BCUT2D eigenvalue weighted by molar-refractivity contribution is 9.10. The molecule has 78 valence electrons. The van der Waals surface area contributed by atoms with Gasteiger partial charge in [0, 0.05) is 10.5 Å². The highest BCUT2D eigenvalue weighted by Gasteiger charge is 2.09. The molecule has 0 bridgehead atoms. The molecule has 0 fully saturated rings. The van der Waals surface area contributed by atoms with Crippen molar-refractivity contribution in [2.75, 3.05) is 6.54 Å². The highest BCUT2D eigenvalue weighted by atomic mass is 79.9. The summed E-state index contributed by atoms with van der Waals surface area (Å²) in [6.07, 6.45) is 1.70. The molecule has 0 saturated carbocycles. The molecule has 2 nitrogen and oxygen atoms in total. The molecule has 0 aliphatic rings. The standard InChI is InChI=1S/C10H14BrFN2/c11-9-6-7(12)3-4-8(9)10(14)2-1-5-13/h3-4,6,10H,1-2,5,13-14H2/t10-/m1/s1. The first-order valence-electron chi connectivity index (χ1n) is 4.55. The summed E-state index contributed by atoms with van der Waals surface area (Å²) in [6.45, 7) is 0.631. The van der Waals surface area contributed by atoms with Crippen molar-refractivity contribution in [2.45, 2.75) is 18.9 Å². The van der Waals surface area contributed by atoms with Crippen LogP contribution >= 0.6 is 15.9 Å². The molecule has 0 aliphatic carbocycles. The summed E-state index contributed by atoms with van der Waals surface area (Å²) >= 11 is 3.29. The van der Waals surface area contributed by atoms with Gasteiger partial charge in [-0.2, -0.15) is 0 Å². The largest absolute Gasteiger partial charge is 0.330 e. The summed E-state index contributed by atoms with van der Waals surface area (Å²) in [4.78, 5) is 0. The van der Waals surface area contributed by atoms with Gasteiger partial charge in [-0.1, -0.05) is 22.0 Å². The molecule has 4 heteroatoms. The zero-order chi connectivity index (χ0) is 10.6. The minimum absolute atomic E-state index is 0.0754. The molecule has 1 atom stereocenters. The Morgan fingerprint density at radius 2 is 2.14 bits per heavy atom. The van der Waals surface area contributed by atoms with Gasteiger partial charge in [-0.15, -0.1) is 0 Å². The van der Waals surface area contributed by atoms with E-state index in [1.54, 1.807) is 6.07 Å². The van der Waals surface area contributed by atoms with Crippen LogP contribution in [0.25, 0.3) is 0 Å². The van der Waals surface area contributed by atoms with Gasteiger partial charge in [0.1, 0.15) is 5.82 Å². The van der Waals surface area contributed by atoms with E-state index in [9.17, 15) is 4.39 Å². The number of halogens is 2. The Bertz CT molecular complexity index is 304. The number of hydrogen-bond acceptors (Lipinski definition) is 2. The summed E-state index contributed by atoms with van der Waals surface area (Å²) in [5.74, 6) is -0.258. The fraction of sp³-hybridized carbons (Fsp3) is 0.400. The van der Waals surface area contributed by atoms with E-state index < -0.39 is 0 Å². The van der Waals surface area contributed by atoms with Gasteiger partial charge in [-0.25, -0.2) is 4.39 Å². The van der Waals surface area contributed by atoms with Gasteiger partial charge >= 0.3 is 0 Å². The molecule has 0 aromatic heterocycles. The zero-order valence-electron chi connectivity index (χ0n) is 7.84. The van der Waals surface area contributed by atoms with Gasteiger partial charge in [0.15, 0.2) is 0 Å². The molecule has 4 N–H and O–H groups in total. The number of benzene rings is 1. The summed E-state index contributed by atoms with van der Waals surface area (Å²) in [5, 5.41) is 0. The summed E-state index contributed by atoms with van der Waals surface area (Å²) < 4.78 is 13.5. The molecule has 1 aromatic carbocycles. The molecule has 0 aliphatic heterocycles. The van der Waals surface area contributed by atoms with Crippen LogP contribution in [0, 0.1) is 5.82 Å². The van der Waals surface area contributed by atoms with Gasteiger partial charge in [-0.05, 0) is 37.1 Å². The second-order valence-electron chi connectivity index (χ2n) is 3.20. The molecule has 0 unspecified atom stereocenters. The summed E-state index contributed by atoms with van der Waals surface area (Å²) in [6, 6.07) is 4.48. The average Bonchev–Trinajstić information content (AvgIpc) is 2.14. The van der Waals surface area contributed by atoms with E-state index in [0.29, 0.717) is 6.54 Å². The zero-order valence-corrected chi connectivity index (χ0v) is 9.43. The van der Waals surface area contributed by atoms with Crippen LogP contribution in [-0.2, 0) is 0 Å². The van der Waals surface area contributed by atoms with Crippen molar-refractivity contribution < 1.29 is 4.39 Å². The summed E-state index contributed by atoms with van der Waals surface area (Å²) in [5.41, 5.74) is 12.2. The molecule has 0 amide bonds. The van der Waals surface area contributed by atoms with Gasteiger partial charge in [0.05, 0.1) is 0 Å². The maximum Gasteiger partial charge on any atom is 0.124 e. The van der Waals surface area contributed by atoms with E-state index in [0.717, 1.165) is 22.9 Å². The SMILES string of the molecule is NCCC[C@@H](N)c1ccc(F)cc1Br. The predicted octanol–water partition coefficient (Wildman–Crippen LogP) is 2.33. The molecule has 0 spiro atoms. The van der Waals surface area contributed by atoms with Gasteiger partial charge in [-0.3, -0.25) is 0 Å². The van der Waals surface area contributed by atoms with Crippen molar-refractivity contribution in [3.05, 3.63) is 34.1 Å². The Hall–Kier alpha value is -0.450. The van der Waals surface area contributed by atoms with Crippen LogP contribution in [0.15, 0.2) is 22.7 Å². The van der Waals surface area contributed by atoms with Gasteiger partial charge in [0.2, 0.25) is 0 Å². The Labute approximate surface area is 91.6 Å². The lowest BCUT2D eigenvalue weighted by Gasteiger charge is -2.13. The second-order valence-corrected chi connectivity index (χ2v) is 4.06. The van der Waals surface area contributed by atoms with E-state index in [2.05, 4.69) is 15.9 Å². The monoisotopic (exact) mass is 260 g/mol. The molecule has 0 saturated heterocycles. The quantitative estimate of drug-likeness (QED) is 0.873. The van der Waals surface area contributed by atoms with Crippen molar-refractivity contribution in [1.29, 1.82) is 0 Å². The minimum Gasteiger partial charge on any atom is -0.330 e. The molecular formula is C10H14BrFN2. The molecule has 1 rings (SSSR count). The van der Waals surface area contributed by atoms with Crippen LogP contribution in [0.1, 0.15) is 24.4 Å². The van der Waals surface area contributed by atoms with E-state index in [1.807, 2.05) is 0 Å². The smallest absolute Gasteiger partial charge is 0.124 e. The van der Waals surface area contributed by atoms with E-state index in [4.69, 9.17) is 11.5 Å². The third-order valence-electron chi connectivity index (χ3n) is 2.08. The first-order chi connectivity index (χ1) is 6.65. The third-order valence-corrected chi connectivity index (χ3v) is 2.77. The topological polar surface area (TPSA) is 52.0 Å². The predicted molar refractivity (Wildman–Crippen MR) is 59.3 cm³/mol. The first kappa shape index (κ1) is 11.6. The fourth-order valence-corrected chi connectivity index (χ4v) is 1.94. The molecule has 14 heavy (non-hydrogen) atoms. The highest BCUT2D eigenvalue weighted by Crippen LogP contribution is 2.25. The van der Waals surface area contributed by atoms with Crippen LogP contribution in [-0.4, -0.2) is 6.54 Å². The maximum atomic E-state index is 12.8. The Morgan fingerprint density at radius 1 is 1.43 bits per heavy atom. The van der Waals surface area contributed by atoms with Crippen molar-refractivity contribution in [2.24, 2.45) is 11.5 Å². The first-order valence-corrected chi connectivity index (χ1v) is 5.35.